The highest BCUT2D eigenvalue weighted by Gasteiger charge is 2.65. The summed E-state index contributed by atoms with van der Waals surface area (Å²) in [7, 11) is 0. The Morgan fingerprint density at radius 3 is 2.28 bits per heavy atom. The Hall–Kier alpha value is -1.10. The van der Waals surface area contributed by atoms with Gasteiger partial charge in [-0.25, -0.2) is 0 Å². The van der Waals surface area contributed by atoms with Crippen LogP contribution in [0, 0.1) is 23.7 Å². The zero-order chi connectivity index (χ0) is 17.8. The number of rotatable bonds is 2. The maximum atomic E-state index is 11.8. The molecule has 0 N–H and O–H groups in total. The largest absolute Gasteiger partial charge is 0.462 e. The third kappa shape index (κ3) is 2.61. The van der Waals surface area contributed by atoms with E-state index in [-0.39, 0.29) is 29.7 Å². The van der Waals surface area contributed by atoms with Crippen molar-refractivity contribution in [2.45, 2.75) is 77.0 Å². The Kier molecular flexibility index (Phi) is 4.33. The Balaban J connectivity index is 1.74. The first kappa shape index (κ1) is 17.3. The topological polar surface area (TPSA) is 55.8 Å². The molecule has 5 heteroatoms. The molecule has 2 aliphatic carbocycles. The maximum Gasteiger partial charge on any atom is 0.302 e. The van der Waals surface area contributed by atoms with Crippen LogP contribution < -0.4 is 0 Å². The third-order valence-electron chi connectivity index (χ3n) is 7.48. The lowest BCUT2D eigenvalue weighted by molar-refractivity contribution is -0.235. The number of carbonyl (C=O) groups excluding carboxylic acids is 2. The van der Waals surface area contributed by atoms with E-state index in [0.29, 0.717) is 23.7 Å². The molecule has 4 fully saturated rings. The molecule has 7 atom stereocenters. The zero-order valence-corrected chi connectivity index (χ0v) is 15.7. The van der Waals surface area contributed by atoms with Crippen molar-refractivity contribution in [2.24, 2.45) is 23.7 Å². The van der Waals surface area contributed by atoms with Gasteiger partial charge < -0.3 is 9.47 Å². The van der Waals surface area contributed by atoms with E-state index in [9.17, 15) is 9.59 Å². The lowest BCUT2D eigenvalue weighted by Crippen LogP contribution is -2.74. The van der Waals surface area contributed by atoms with Gasteiger partial charge in [-0.15, -0.1) is 0 Å². The zero-order valence-electron chi connectivity index (χ0n) is 15.7. The molecule has 0 amide bonds. The van der Waals surface area contributed by atoms with Crippen molar-refractivity contribution in [3.8, 4) is 0 Å². The summed E-state index contributed by atoms with van der Waals surface area (Å²) in [5.74, 6) is 1.32. The summed E-state index contributed by atoms with van der Waals surface area (Å²) in [5.41, 5.74) is 0.148. The van der Waals surface area contributed by atoms with Crippen molar-refractivity contribution < 1.29 is 19.1 Å². The SMILES string of the molecule is CC(=O)O[C@@H]1[C@@H]2C[C@@H](OC(C)=O)[C@@H]3CCCN4CCC[C@H]2[C@@]34C[C@H]1C. The molecule has 25 heavy (non-hydrogen) atoms. The van der Waals surface area contributed by atoms with Crippen molar-refractivity contribution >= 4 is 11.9 Å². The predicted molar refractivity (Wildman–Crippen MR) is 92.7 cm³/mol. The average Bonchev–Trinajstić information content (AvgIpc) is 2.53. The second-order valence-electron chi connectivity index (χ2n) is 8.78. The first-order valence-corrected chi connectivity index (χ1v) is 10.0. The molecular weight excluding hydrogens is 318 g/mol. The molecule has 5 nitrogen and oxygen atoms in total. The van der Waals surface area contributed by atoms with Crippen LogP contribution in [0.1, 0.15) is 59.3 Å². The minimum Gasteiger partial charge on any atom is -0.462 e. The number of ether oxygens (including phenoxy) is 2. The minimum atomic E-state index is -0.185. The molecule has 2 bridgehead atoms. The molecule has 140 valence electrons. The average molecular weight is 349 g/mol. The first-order valence-electron chi connectivity index (χ1n) is 10.0. The second-order valence-corrected chi connectivity index (χ2v) is 8.78. The molecule has 2 saturated carbocycles. The molecule has 0 aromatic carbocycles. The highest BCUT2D eigenvalue weighted by atomic mass is 16.5. The number of hydrogen-bond donors (Lipinski definition) is 0. The lowest BCUT2D eigenvalue weighted by Gasteiger charge is -2.68. The Morgan fingerprint density at radius 1 is 1.00 bits per heavy atom. The number of esters is 2. The van der Waals surface area contributed by atoms with Gasteiger partial charge in [-0.3, -0.25) is 14.5 Å². The number of nitrogens with zero attached hydrogens (tertiary/aromatic N) is 1. The van der Waals surface area contributed by atoms with Crippen LogP contribution in [0.5, 0.6) is 0 Å². The van der Waals surface area contributed by atoms with Crippen LogP contribution in [-0.4, -0.2) is 47.7 Å². The quantitative estimate of drug-likeness (QED) is 0.718. The molecule has 2 saturated heterocycles. The van der Waals surface area contributed by atoms with Crippen LogP contribution in [0.4, 0.5) is 0 Å². The predicted octanol–water partition coefficient (Wildman–Crippen LogP) is 2.77. The summed E-state index contributed by atoms with van der Waals surface area (Å²) in [5, 5.41) is 0. The highest BCUT2D eigenvalue weighted by Crippen LogP contribution is 2.61. The monoisotopic (exact) mass is 349 g/mol. The highest BCUT2D eigenvalue weighted by molar-refractivity contribution is 5.66. The van der Waals surface area contributed by atoms with E-state index in [1.807, 2.05) is 0 Å². The molecule has 4 rings (SSSR count). The standard InChI is InChI=1S/C20H31NO4/c1-12-11-20-16-6-4-8-21(20)9-5-7-17(20)18(24-13(2)22)10-15(16)19(12)25-14(3)23/h12,15-19H,4-11H2,1-3H3/t12-,15-,16-,17+,18-,19+,20+/m1/s1. The van der Waals surface area contributed by atoms with Crippen molar-refractivity contribution in [3.63, 3.8) is 0 Å². The molecule has 1 spiro atoms. The van der Waals surface area contributed by atoms with Gasteiger partial charge in [0.2, 0.25) is 0 Å². The molecule has 0 unspecified atom stereocenters. The van der Waals surface area contributed by atoms with Gasteiger partial charge in [0.05, 0.1) is 0 Å². The fourth-order valence-electron chi connectivity index (χ4n) is 7.05. The molecule has 2 heterocycles. The number of hydrogen-bond acceptors (Lipinski definition) is 5. The number of piperidine rings is 2. The summed E-state index contributed by atoms with van der Waals surface area (Å²) < 4.78 is 11.7. The van der Waals surface area contributed by atoms with Crippen molar-refractivity contribution in [3.05, 3.63) is 0 Å². The van der Waals surface area contributed by atoms with Gasteiger partial charge in [-0.1, -0.05) is 6.92 Å². The fourth-order valence-corrected chi connectivity index (χ4v) is 7.05. The smallest absolute Gasteiger partial charge is 0.302 e. The van der Waals surface area contributed by atoms with E-state index >= 15 is 0 Å². The maximum absolute atomic E-state index is 11.8. The summed E-state index contributed by atoms with van der Waals surface area (Å²) in [4.78, 5) is 26.2. The van der Waals surface area contributed by atoms with Crippen LogP contribution in [-0.2, 0) is 19.1 Å². The molecular formula is C20H31NO4. The van der Waals surface area contributed by atoms with E-state index in [1.165, 1.54) is 33.1 Å². The van der Waals surface area contributed by atoms with Gasteiger partial charge in [-0.2, -0.15) is 0 Å². The Bertz CT molecular complexity index is 562. The van der Waals surface area contributed by atoms with Gasteiger partial charge in [0.25, 0.3) is 0 Å². The van der Waals surface area contributed by atoms with E-state index in [4.69, 9.17) is 9.47 Å². The van der Waals surface area contributed by atoms with Gasteiger partial charge >= 0.3 is 11.9 Å². The molecule has 0 aromatic heterocycles. The summed E-state index contributed by atoms with van der Waals surface area (Å²) in [6.07, 6.45) is 6.66. The minimum absolute atomic E-state index is 0.0230. The summed E-state index contributed by atoms with van der Waals surface area (Å²) >= 11 is 0. The number of carbonyl (C=O) groups is 2. The molecule has 0 aromatic rings. The summed E-state index contributed by atoms with van der Waals surface area (Å²) in [6.45, 7) is 7.61. The van der Waals surface area contributed by atoms with E-state index in [0.717, 1.165) is 32.4 Å². The molecule has 2 aliphatic heterocycles. The third-order valence-corrected chi connectivity index (χ3v) is 7.48. The van der Waals surface area contributed by atoms with Gasteiger partial charge in [-0.05, 0) is 63.5 Å². The van der Waals surface area contributed by atoms with E-state index < -0.39 is 0 Å². The first-order chi connectivity index (χ1) is 11.9. The van der Waals surface area contributed by atoms with Crippen LogP contribution in [0.2, 0.25) is 0 Å². The molecule has 0 radical (unpaired) electrons. The van der Waals surface area contributed by atoms with Crippen molar-refractivity contribution in [2.75, 3.05) is 13.1 Å². The Labute approximate surface area is 150 Å². The van der Waals surface area contributed by atoms with Crippen LogP contribution >= 0.6 is 0 Å². The van der Waals surface area contributed by atoms with Crippen molar-refractivity contribution in [1.82, 2.24) is 4.90 Å². The van der Waals surface area contributed by atoms with Crippen LogP contribution in [0.25, 0.3) is 0 Å². The van der Waals surface area contributed by atoms with E-state index in [1.54, 1.807) is 0 Å². The van der Waals surface area contributed by atoms with Gasteiger partial charge in [0.1, 0.15) is 12.2 Å². The Morgan fingerprint density at radius 2 is 1.64 bits per heavy atom. The van der Waals surface area contributed by atoms with Crippen LogP contribution in [0.3, 0.4) is 0 Å². The molecule has 4 aliphatic rings. The van der Waals surface area contributed by atoms with Crippen LogP contribution in [0.15, 0.2) is 0 Å². The fraction of sp³-hybridized carbons (Fsp3) is 0.900. The lowest BCUT2D eigenvalue weighted by atomic mass is 9.47. The second kappa shape index (κ2) is 6.26. The van der Waals surface area contributed by atoms with Gasteiger partial charge in [0.15, 0.2) is 0 Å². The normalized spacial score (nSPS) is 46.0. The summed E-state index contributed by atoms with van der Waals surface area (Å²) in [6, 6.07) is 0. The van der Waals surface area contributed by atoms with Gasteiger partial charge in [0, 0.05) is 31.2 Å². The van der Waals surface area contributed by atoms with Crippen molar-refractivity contribution in [1.29, 1.82) is 0 Å². The van der Waals surface area contributed by atoms with E-state index in [2.05, 4.69) is 11.8 Å².